The lowest BCUT2D eigenvalue weighted by atomic mass is 10.1. The van der Waals surface area contributed by atoms with Crippen LogP contribution in [-0.2, 0) is 4.79 Å². The Morgan fingerprint density at radius 1 is 1.05 bits per heavy atom. The lowest BCUT2D eigenvalue weighted by Crippen LogP contribution is -2.07. The first-order chi connectivity index (χ1) is 9.54. The van der Waals surface area contributed by atoms with Crippen LogP contribution in [0.4, 0.5) is 0 Å². The standard InChI is InChI=1S/C17H16O3/c1-12-6-8-14(9-7-12)11-16(17(18)19)20-15-5-3-4-13(2)10-15/h3-11H,1-2H3,(H,18,19)/b16-11-. The molecular formula is C17H16O3. The van der Waals surface area contributed by atoms with Gasteiger partial charge in [-0.15, -0.1) is 0 Å². The van der Waals surface area contributed by atoms with E-state index in [0.717, 1.165) is 16.7 Å². The minimum Gasteiger partial charge on any atom is -0.475 e. The van der Waals surface area contributed by atoms with Gasteiger partial charge in [0.15, 0.2) is 0 Å². The molecule has 0 spiro atoms. The summed E-state index contributed by atoms with van der Waals surface area (Å²) in [5.74, 6) is -0.669. The number of ether oxygens (including phenoxy) is 1. The van der Waals surface area contributed by atoms with E-state index >= 15 is 0 Å². The molecule has 0 atom stereocenters. The zero-order valence-electron chi connectivity index (χ0n) is 11.5. The molecule has 0 saturated carbocycles. The summed E-state index contributed by atoms with van der Waals surface area (Å²) in [5.41, 5.74) is 2.93. The van der Waals surface area contributed by atoms with Crippen LogP contribution in [0.25, 0.3) is 6.08 Å². The molecule has 0 radical (unpaired) electrons. The number of carboxylic acid groups (broad SMARTS) is 1. The zero-order chi connectivity index (χ0) is 14.5. The maximum atomic E-state index is 11.3. The smallest absolute Gasteiger partial charge is 0.371 e. The Bertz CT molecular complexity index is 640. The van der Waals surface area contributed by atoms with Gasteiger partial charge in [0.05, 0.1) is 0 Å². The molecule has 0 fully saturated rings. The summed E-state index contributed by atoms with van der Waals surface area (Å²) >= 11 is 0. The Kier molecular flexibility index (Phi) is 4.20. The van der Waals surface area contributed by atoms with Gasteiger partial charge in [-0.1, -0.05) is 42.0 Å². The zero-order valence-corrected chi connectivity index (χ0v) is 11.5. The average molecular weight is 268 g/mol. The van der Waals surface area contributed by atoms with Crippen LogP contribution in [0.2, 0.25) is 0 Å². The van der Waals surface area contributed by atoms with Crippen LogP contribution in [0, 0.1) is 13.8 Å². The molecule has 3 nitrogen and oxygen atoms in total. The van der Waals surface area contributed by atoms with Crippen LogP contribution in [0.15, 0.2) is 54.3 Å². The quantitative estimate of drug-likeness (QED) is 0.677. The van der Waals surface area contributed by atoms with Gasteiger partial charge in [-0.3, -0.25) is 0 Å². The number of rotatable bonds is 4. The summed E-state index contributed by atoms with van der Waals surface area (Å²) in [5, 5.41) is 9.23. The van der Waals surface area contributed by atoms with Crippen molar-refractivity contribution in [2.45, 2.75) is 13.8 Å². The summed E-state index contributed by atoms with van der Waals surface area (Å²) in [4.78, 5) is 11.3. The summed E-state index contributed by atoms with van der Waals surface area (Å²) in [6.07, 6.45) is 1.52. The monoisotopic (exact) mass is 268 g/mol. The van der Waals surface area contributed by atoms with Gasteiger partial charge in [0.1, 0.15) is 5.75 Å². The van der Waals surface area contributed by atoms with Gasteiger partial charge in [-0.25, -0.2) is 4.79 Å². The Balaban J connectivity index is 2.27. The highest BCUT2D eigenvalue weighted by atomic mass is 16.5. The molecule has 2 aromatic carbocycles. The lowest BCUT2D eigenvalue weighted by molar-refractivity contribution is -0.134. The van der Waals surface area contributed by atoms with Gasteiger partial charge in [-0.05, 0) is 43.2 Å². The van der Waals surface area contributed by atoms with Gasteiger partial charge in [0, 0.05) is 0 Å². The minimum absolute atomic E-state index is 0.0977. The van der Waals surface area contributed by atoms with E-state index in [2.05, 4.69) is 0 Å². The van der Waals surface area contributed by atoms with Crippen LogP contribution < -0.4 is 4.74 Å². The fourth-order valence-corrected chi connectivity index (χ4v) is 1.75. The number of carboxylic acids is 1. The highest BCUT2D eigenvalue weighted by molar-refractivity contribution is 5.90. The lowest BCUT2D eigenvalue weighted by Gasteiger charge is -2.07. The third kappa shape index (κ3) is 3.72. The Labute approximate surface area is 118 Å². The van der Waals surface area contributed by atoms with E-state index in [1.54, 1.807) is 12.1 Å². The van der Waals surface area contributed by atoms with Crippen molar-refractivity contribution in [2.24, 2.45) is 0 Å². The fourth-order valence-electron chi connectivity index (χ4n) is 1.75. The van der Waals surface area contributed by atoms with E-state index < -0.39 is 5.97 Å². The van der Waals surface area contributed by atoms with Crippen molar-refractivity contribution in [3.05, 3.63) is 71.0 Å². The second-order valence-electron chi connectivity index (χ2n) is 4.64. The number of aryl methyl sites for hydroxylation is 2. The van der Waals surface area contributed by atoms with Crippen molar-refractivity contribution in [3.63, 3.8) is 0 Å². The molecule has 0 aliphatic heterocycles. The van der Waals surface area contributed by atoms with Gasteiger partial charge < -0.3 is 9.84 Å². The van der Waals surface area contributed by atoms with Crippen LogP contribution in [0.1, 0.15) is 16.7 Å². The van der Waals surface area contributed by atoms with Gasteiger partial charge in [0.2, 0.25) is 5.76 Å². The van der Waals surface area contributed by atoms with Crippen LogP contribution in [-0.4, -0.2) is 11.1 Å². The third-order valence-electron chi connectivity index (χ3n) is 2.80. The molecule has 0 aliphatic carbocycles. The molecule has 20 heavy (non-hydrogen) atoms. The SMILES string of the molecule is Cc1ccc(/C=C(\Oc2cccc(C)c2)C(=O)O)cc1. The first-order valence-electron chi connectivity index (χ1n) is 6.31. The van der Waals surface area contributed by atoms with Crippen molar-refractivity contribution in [1.82, 2.24) is 0 Å². The summed E-state index contributed by atoms with van der Waals surface area (Å²) in [6.45, 7) is 3.91. The second kappa shape index (κ2) is 6.06. The normalized spacial score (nSPS) is 11.2. The first kappa shape index (κ1) is 13.9. The molecule has 0 heterocycles. The van der Waals surface area contributed by atoms with E-state index in [9.17, 15) is 9.90 Å². The first-order valence-corrected chi connectivity index (χ1v) is 6.31. The van der Waals surface area contributed by atoms with Crippen molar-refractivity contribution >= 4 is 12.0 Å². The molecule has 0 aromatic heterocycles. The topological polar surface area (TPSA) is 46.5 Å². The molecule has 102 valence electrons. The predicted molar refractivity (Wildman–Crippen MR) is 78.6 cm³/mol. The van der Waals surface area contributed by atoms with E-state index in [-0.39, 0.29) is 5.76 Å². The maximum Gasteiger partial charge on any atom is 0.371 e. The summed E-state index contributed by atoms with van der Waals surface area (Å²) < 4.78 is 5.45. The summed E-state index contributed by atoms with van der Waals surface area (Å²) in [6, 6.07) is 14.9. The number of hydrogen-bond acceptors (Lipinski definition) is 2. The van der Waals surface area contributed by atoms with Gasteiger partial charge in [0.25, 0.3) is 0 Å². The van der Waals surface area contributed by atoms with E-state index in [0.29, 0.717) is 5.75 Å². The number of aliphatic carboxylic acids is 1. The highest BCUT2D eigenvalue weighted by Crippen LogP contribution is 2.17. The highest BCUT2D eigenvalue weighted by Gasteiger charge is 2.10. The fraction of sp³-hybridized carbons (Fsp3) is 0.118. The molecule has 2 aromatic rings. The minimum atomic E-state index is -1.09. The molecule has 2 rings (SSSR count). The molecule has 0 amide bonds. The van der Waals surface area contributed by atoms with E-state index in [1.165, 1.54) is 6.08 Å². The molecule has 0 saturated heterocycles. The Morgan fingerprint density at radius 2 is 1.75 bits per heavy atom. The molecule has 1 N–H and O–H groups in total. The van der Waals surface area contributed by atoms with Crippen molar-refractivity contribution < 1.29 is 14.6 Å². The second-order valence-corrected chi connectivity index (χ2v) is 4.64. The molecular weight excluding hydrogens is 252 g/mol. The Hall–Kier alpha value is -2.55. The predicted octanol–water partition coefficient (Wildman–Crippen LogP) is 3.81. The van der Waals surface area contributed by atoms with Crippen molar-refractivity contribution in [2.75, 3.05) is 0 Å². The largest absolute Gasteiger partial charge is 0.475 e. The molecule has 0 bridgehead atoms. The average Bonchev–Trinajstić information content (AvgIpc) is 2.40. The third-order valence-corrected chi connectivity index (χ3v) is 2.80. The maximum absolute atomic E-state index is 11.3. The number of benzene rings is 2. The van der Waals surface area contributed by atoms with E-state index in [4.69, 9.17) is 4.74 Å². The molecule has 0 unspecified atom stereocenters. The Morgan fingerprint density at radius 3 is 2.35 bits per heavy atom. The van der Waals surface area contributed by atoms with Gasteiger partial charge >= 0.3 is 5.97 Å². The van der Waals surface area contributed by atoms with Crippen LogP contribution in [0.5, 0.6) is 5.75 Å². The molecule has 3 heteroatoms. The number of carbonyl (C=O) groups is 1. The van der Waals surface area contributed by atoms with Crippen LogP contribution >= 0.6 is 0 Å². The van der Waals surface area contributed by atoms with Crippen LogP contribution in [0.3, 0.4) is 0 Å². The molecule has 0 aliphatic rings. The summed E-state index contributed by atoms with van der Waals surface area (Å²) in [7, 11) is 0. The van der Waals surface area contributed by atoms with Crippen molar-refractivity contribution in [1.29, 1.82) is 0 Å². The van der Waals surface area contributed by atoms with Gasteiger partial charge in [-0.2, -0.15) is 0 Å². The van der Waals surface area contributed by atoms with E-state index in [1.807, 2.05) is 50.2 Å². The van der Waals surface area contributed by atoms with Crippen molar-refractivity contribution in [3.8, 4) is 5.75 Å². The number of hydrogen-bond donors (Lipinski definition) is 1.